The SMILES string of the molecule is CCCCCCCC(=O)N[C@@H](CCN)C(=O)N[C@H](C(=O)N[C@@H](CCN)C(=O)N[C@H]1CCNC(=O)[C@H]([C@@H](C)O)NC(=O)[C@H](CCN)NC(=O)[C@H](CCN)NC(=O)CNC(=O)[C@@H](Cc2ccccc2)NC(=O)[C@H](CCN)NC1=O)[C@@H](C)O. The number of nitrogens with two attached hydrogens (primary N) is 5. The molecule has 80 heavy (non-hydrogen) atoms. The highest BCUT2D eigenvalue weighted by atomic mass is 16.3. The molecule has 450 valence electrons. The molecule has 11 atom stereocenters. The second kappa shape index (κ2) is 37.9. The Morgan fingerprint density at radius 3 is 1.68 bits per heavy atom. The number of carbonyl (C=O) groups is 11. The topological polar surface area (TPSA) is 491 Å². The Hall–Kier alpha value is -6.89. The molecule has 0 unspecified atom stereocenters. The van der Waals surface area contributed by atoms with Crippen molar-refractivity contribution < 1.29 is 63.0 Å². The molecule has 23 N–H and O–H groups in total. The van der Waals surface area contributed by atoms with Crippen molar-refractivity contribution in [2.24, 2.45) is 28.7 Å². The first-order valence-electron chi connectivity index (χ1n) is 27.3. The van der Waals surface area contributed by atoms with Crippen LogP contribution in [0.3, 0.4) is 0 Å². The van der Waals surface area contributed by atoms with Crippen molar-refractivity contribution >= 4 is 65.0 Å². The van der Waals surface area contributed by atoms with E-state index in [0.717, 1.165) is 25.7 Å². The first-order valence-corrected chi connectivity index (χ1v) is 27.3. The van der Waals surface area contributed by atoms with Gasteiger partial charge in [0.05, 0.1) is 18.8 Å². The van der Waals surface area contributed by atoms with Gasteiger partial charge in [-0.2, -0.15) is 0 Å². The average molecular weight is 1130 g/mol. The van der Waals surface area contributed by atoms with Gasteiger partial charge in [-0.05, 0) is 97.1 Å². The monoisotopic (exact) mass is 1130 g/mol. The summed E-state index contributed by atoms with van der Waals surface area (Å²) in [5.41, 5.74) is 29.6. The van der Waals surface area contributed by atoms with Crippen LogP contribution < -0.4 is 87.2 Å². The van der Waals surface area contributed by atoms with Crippen molar-refractivity contribution in [3.8, 4) is 0 Å². The van der Waals surface area contributed by atoms with Gasteiger partial charge in [0.25, 0.3) is 0 Å². The van der Waals surface area contributed by atoms with Crippen molar-refractivity contribution in [2.75, 3.05) is 45.8 Å². The molecule has 29 heteroatoms. The van der Waals surface area contributed by atoms with E-state index in [1.165, 1.54) is 13.8 Å². The van der Waals surface area contributed by atoms with Gasteiger partial charge in [0.1, 0.15) is 54.4 Å². The number of hydrogen-bond acceptors (Lipinski definition) is 18. The van der Waals surface area contributed by atoms with Crippen LogP contribution in [0.5, 0.6) is 0 Å². The minimum Gasteiger partial charge on any atom is -0.391 e. The van der Waals surface area contributed by atoms with Crippen LogP contribution in [0.25, 0.3) is 0 Å². The summed E-state index contributed by atoms with van der Waals surface area (Å²) in [6.45, 7) is 2.60. The fourth-order valence-electron chi connectivity index (χ4n) is 8.32. The Morgan fingerprint density at radius 1 is 0.588 bits per heavy atom. The molecular weight excluding hydrogens is 1040 g/mol. The standard InChI is InChI=1S/C51H88N16O13/c1-4-5-6-7-11-14-39(70)59-33(16-22-53)48(77)67-42(30(3)69)51(80)64-35(18-24-55)45(74)63-37-20-26-57-50(79)41(29(2)68)66-49(78)36(19-25-56)62-44(73)32(15-21-52)60-40(71)28-58-43(72)38(27-31-12-9-8-10-13-31)65-46(75)34(17-23-54)61-47(37)76/h8-10,12-13,29-30,32-38,41-42,68-69H,4-7,11,14-28,52-56H2,1-3H3,(H,57,79)(H,58,72)(H,59,70)(H,60,71)(H,61,76)(H,62,73)(H,63,74)(H,64,80)(H,65,75)(H,66,78)(H,67,77)/t29-,30-,32+,33+,34+,35+,36+,37+,38-,41+,42+/m1/s1. The van der Waals surface area contributed by atoms with Gasteiger partial charge in [-0.1, -0.05) is 62.9 Å². The van der Waals surface area contributed by atoms with Crippen LogP contribution in [0, 0.1) is 0 Å². The molecule has 0 aromatic heterocycles. The zero-order valence-electron chi connectivity index (χ0n) is 46.2. The third-order valence-electron chi connectivity index (χ3n) is 12.8. The number of nitrogens with one attached hydrogen (secondary N) is 11. The van der Waals surface area contributed by atoms with Crippen LogP contribution in [0.4, 0.5) is 0 Å². The minimum absolute atomic E-state index is 0.0132. The lowest BCUT2D eigenvalue weighted by atomic mass is 10.0. The highest BCUT2D eigenvalue weighted by Gasteiger charge is 2.36. The average Bonchev–Trinajstić information content (AvgIpc) is 3.41. The largest absolute Gasteiger partial charge is 0.391 e. The van der Waals surface area contributed by atoms with Crippen LogP contribution in [0.15, 0.2) is 30.3 Å². The summed E-state index contributed by atoms with van der Waals surface area (Å²) in [7, 11) is 0. The predicted octanol–water partition coefficient (Wildman–Crippen LogP) is -6.91. The van der Waals surface area contributed by atoms with Crippen LogP contribution in [-0.4, -0.2) is 188 Å². The third-order valence-corrected chi connectivity index (χ3v) is 12.8. The highest BCUT2D eigenvalue weighted by molar-refractivity contribution is 5.99. The Balaban J connectivity index is 2.59. The van der Waals surface area contributed by atoms with Crippen molar-refractivity contribution in [2.45, 2.75) is 171 Å². The van der Waals surface area contributed by atoms with Gasteiger partial charge in [0.15, 0.2) is 0 Å². The molecule has 0 saturated carbocycles. The van der Waals surface area contributed by atoms with Gasteiger partial charge < -0.3 is 97.4 Å². The second-order valence-electron chi connectivity index (χ2n) is 19.5. The maximum absolute atomic E-state index is 14.4. The molecular formula is C51H88N16O13. The normalized spacial score (nSPS) is 22.1. The van der Waals surface area contributed by atoms with E-state index >= 15 is 0 Å². The molecule has 1 heterocycles. The lowest BCUT2D eigenvalue weighted by Crippen LogP contribution is -2.62. The molecule has 2 rings (SSSR count). The van der Waals surface area contributed by atoms with Crippen molar-refractivity contribution in [3.05, 3.63) is 35.9 Å². The fourth-order valence-corrected chi connectivity index (χ4v) is 8.32. The Morgan fingerprint density at radius 2 is 1.12 bits per heavy atom. The highest BCUT2D eigenvalue weighted by Crippen LogP contribution is 2.09. The Kier molecular flexibility index (Phi) is 32.8. The van der Waals surface area contributed by atoms with E-state index in [1.54, 1.807) is 30.3 Å². The van der Waals surface area contributed by atoms with Gasteiger partial charge >= 0.3 is 0 Å². The minimum atomic E-state index is -1.69. The molecule has 1 aromatic carbocycles. The maximum atomic E-state index is 14.4. The molecule has 0 spiro atoms. The van der Waals surface area contributed by atoms with Crippen molar-refractivity contribution in [1.82, 2.24) is 58.5 Å². The van der Waals surface area contributed by atoms with Gasteiger partial charge in [-0.25, -0.2) is 0 Å². The first-order chi connectivity index (χ1) is 38.1. The van der Waals surface area contributed by atoms with E-state index < -0.39 is 151 Å². The van der Waals surface area contributed by atoms with Gasteiger partial charge in [-0.3, -0.25) is 52.7 Å². The maximum Gasteiger partial charge on any atom is 0.245 e. The number of aliphatic hydroxyl groups excluding tert-OH is 2. The molecule has 1 aliphatic rings. The number of unbranched alkanes of at least 4 members (excludes halogenated alkanes) is 4. The molecule has 0 radical (unpaired) electrons. The number of hydrogen-bond donors (Lipinski definition) is 18. The van der Waals surface area contributed by atoms with Gasteiger partial charge in [0.2, 0.25) is 65.0 Å². The fraction of sp³-hybridized carbons (Fsp3) is 0.667. The van der Waals surface area contributed by atoms with Crippen LogP contribution in [0.2, 0.25) is 0 Å². The van der Waals surface area contributed by atoms with Crippen LogP contribution in [-0.2, 0) is 59.2 Å². The number of amides is 11. The molecule has 1 aliphatic heterocycles. The quantitative estimate of drug-likeness (QED) is 0.0364. The van der Waals surface area contributed by atoms with Gasteiger partial charge in [-0.15, -0.1) is 0 Å². The molecule has 29 nitrogen and oxygen atoms in total. The van der Waals surface area contributed by atoms with Crippen LogP contribution >= 0.6 is 0 Å². The summed E-state index contributed by atoms with van der Waals surface area (Å²) < 4.78 is 0. The van der Waals surface area contributed by atoms with E-state index in [4.69, 9.17) is 28.7 Å². The molecule has 0 bridgehead atoms. The third kappa shape index (κ3) is 25.1. The number of benzene rings is 1. The summed E-state index contributed by atoms with van der Waals surface area (Å²) in [4.78, 5) is 151. The summed E-state index contributed by atoms with van der Waals surface area (Å²) in [5, 5.41) is 48.8. The summed E-state index contributed by atoms with van der Waals surface area (Å²) >= 11 is 0. The van der Waals surface area contributed by atoms with Crippen LogP contribution in [0.1, 0.15) is 103 Å². The molecule has 0 aliphatic carbocycles. The Labute approximate surface area is 466 Å². The van der Waals surface area contributed by atoms with E-state index in [2.05, 4.69) is 65.4 Å². The lowest BCUT2D eigenvalue weighted by molar-refractivity contribution is -0.137. The summed E-state index contributed by atoms with van der Waals surface area (Å²) in [6.07, 6.45) is 0.0254. The summed E-state index contributed by atoms with van der Waals surface area (Å²) in [5.74, 6) is -9.82. The molecule has 1 saturated heterocycles. The van der Waals surface area contributed by atoms with Gasteiger partial charge in [0, 0.05) is 19.4 Å². The summed E-state index contributed by atoms with van der Waals surface area (Å²) in [6, 6.07) is -4.90. The van der Waals surface area contributed by atoms with E-state index in [-0.39, 0.29) is 77.7 Å². The molecule has 11 amide bonds. The number of aliphatic hydroxyl groups is 2. The first kappa shape index (κ1) is 69.2. The van der Waals surface area contributed by atoms with Crippen molar-refractivity contribution in [3.63, 3.8) is 0 Å². The Bertz CT molecular complexity index is 2170. The van der Waals surface area contributed by atoms with E-state index in [9.17, 15) is 63.0 Å². The molecule has 1 fully saturated rings. The second-order valence-corrected chi connectivity index (χ2v) is 19.5. The predicted molar refractivity (Wildman–Crippen MR) is 293 cm³/mol. The van der Waals surface area contributed by atoms with Crippen molar-refractivity contribution in [1.29, 1.82) is 0 Å². The number of carbonyl (C=O) groups excluding carboxylic acids is 11. The van der Waals surface area contributed by atoms with E-state index in [1.807, 2.05) is 0 Å². The number of rotatable bonds is 27. The smallest absolute Gasteiger partial charge is 0.245 e. The zero-order chi connectivity index (χ0) is 59.7. The zero-order valence-corrected chi connectivity index (χ0v) is 46.2. The van der Waals surface area contributed by atoms with E-state index in [0.29, 0.717) is 12.0 Å². The lowest BCUT2D eigenvalue weighted by Gasteiger charge is -2.28. The molecule has 1 aromatic rings.